The first-order valence-electron chi connectivity index (χ1n) is 12.4. The third-order valence-electron chi connectivity index (χ3n) is 6.66. The number of β-amino-alcohol motifs (C(OH)–C–C–N with tert-alkyl or cyclic N) is 1. The summed E-state index contributed by atoms with van der Waals surface area (Å²) in [4.78, 5) is 21.1. The van der Waals surface area contributed by atoms with Gasteiger partial charge < -0.3 is 19.6 Å². The van der Waals surface area contributed by atoms with E-state index >= 15 is 0 Å². The van der Waals surface area contributed by atoms with Crippen molar-refractivity contribution in [1.29, 1.82) is 0 Å². The van der Waals surface area contributed by atoms with Gasteiger partial charge in [0.05, 0.1) is 17.9 Å². The minimum absolute atomic E-state index is 0.00891. The number of carboxylic acids is 1. The van der Waals surface area contributed by atoms with Crippen LogP contribution in [0.1, 0.15) is 36.6 Å². The molecule has 1 aliphatic heterocycles. The number of nitrogens with zero attached hydrogens (tertiary/aromatic N) is 6. The van der Waals surface area contributed by atoms with Gasteiger partial charge in [-0.25, -0.2) is 9.67 Å². The molecule has 0 amide bonds. The fourth-order valence-corrected chi connectivity index (χ4v) is 5.01. The number of rotatable bonds is 8. The minimum atomic E-state index is -4.82. The highest BCUT2D eigenvalue weighted by Gasteiger charge is 2.41. The van der Waals surface area contributed by atoms with Crippen molar-refractivity contribution in [2.45, 2.75) is 31.5 Å². The lowest BCUT2D eigenvalue weighted by Gasteiger charge is -2.33. The van der Waals surface area contributed by atoms with Gasteiger partial charge in [0.25, 0.3) is 5.89 Å². The molecule has 3 aromatic heterocycles. The van der Waals surface area contributed by atoms with Gasteiger partial charge in [-0.05, 0) is 43.0 Å². The molecule has 0 radical (unpaired) electrons. The van der Waals surface area contributed by atoms with E-state index in [4.69, 9.17) is 21.2 Å². The number of likely N-dealkylation sites (tertiary alicyclic amines) is 1. The van der Waals surface area contributed by atoms with Crippen LogP contribution in [-0.4, -0.2) is 65.6 Å². The van der Waals surface area contributed by atoms with Gasteiger partial charge in [-0.15, -0.1) is 0 Å². The van der Waals surface area contributed by atoms with Crippen molar-refractivity contribution in [2.75, 3.05) is 19.6 Å². The smallest absolute Gasteiger partial charge is 0.434 e. The van der Waals surface area contributed by atoms with Crippen LogP contribution in [-0.2, 0) is 11.0 Å². The lowest BCUT2D eigenvalue weighted by atomic mass is 9.94. The van der Waals surface area contributed by atoms with E-state index < -0.39 is 29.5 Å². The monoisotopic (exact) mass is 576 g/mol. The summed E-state index contributed by atoms with van der Waals surface area (Å²) in [5, 5.41) is 27.5. The highest BCUT2D eigenvalue weighted by atomic mass is 35.5. The molecule has 4 heterocycles. The Kier molecular flexibility index (Phi) is 7.88. The molecule has 2 N–H and O–H groups in total. The molecule has 2 atom stereocenters. The highest BCUT2D eigenvalue weighted by Crippen LogP contribution is 2.38. The Bertz CT molecular complexity index is 1490. The average molecular weight is 577 g/mol. The number of carbonyl (C=O) groups is 1. The van der Waals surface area contributed by atoms with Gasteiger partial charge >= 0.3 is 12.1 Å². The average Bonchev–Trinajstić information content (AvgIpc) is 3.56. The number of hydrogen-bond acceptors (Lipinski definition) is 8. The van der Waals surface area contributed by atoms with Crippen LogP contribution in [0.15, 0.2) is 53.2 Å². The van der Waals surface area contributed by atoms with Gasteiger partial charge in [0.15, 0.2) is 11.5 Å². The molecule has 0 saturated carbocycles. The van der Waals surface area contributed by atoms with Crippen LogP contribution < -0.4 is 0 Å². The number of pyridine rings is 1. The number of aliphatic hydroxyl groups excluding tert-OH is 1. The predicted molar refractivity (Wildman–Crippen MR) is 136 cm³/mol. The van der Waals surface area contributed by atoms with E-state index in [1.165, 1.54) is 18.2 Å². The maximum atomic E-state index is 14.0. The summed E-state index contributed by atoms with van der Waals surface area (Å²) in [7, 11) is 0. The highest BCUT2D eigenvalue weighted by molar-refractivity contribution is 6.29. The molecule has 4 aromatic rings. The fourth-order valence-electron chi connectivity index (χ4n) is 4.85. The maximum Gasteiger partial charge on any atom is 0.434 e. The van der Waals surface area contributed by atoms with Crippen LogP contribution in [0.25, 0.3) is 28.7 Å². The molecule has 10 nitrogen and oxygen atoms in total. The van der Waals surface area contributed by atoms with E-state index in [0.29, 0.717) is 28.9 Å². The summed E-state index contributed by atoms with van der Waals surface area (Å²) in [5.74, 6) is -1.21. The van der Waals surface area contributed by atoms with Crippen molar-refractivity contribution in [3.63, 3.8) is 0 Å². The number of benzene rings is 1. The summed E-state index contributed by atoms with van der Waals surface area (Å²) < 4.78 is 47.9. The fraction of sp³-hybridized carbons (Fsp3) is 0.346. The van der Waals surface area contributed by atoms with Gasteiger partial charge in [0.1, 0.15) is 5.15 Å². The summed E-state index contributed by atoms with van der Waals surface area (Å²) >= 11 is 5.85. The van der Waals surface area contributed by atoms with Gasteiger partial charge in [-0.2, -0.15) is 23.3 Å². The van der Waals surface area contributed by atoms with Crippen molar-refractivity contribution in [3.8, 4) is 28.7 Å². The number of carboxylic acid groups (broad SMARTS) is 1. The van der Waals surface area contributed by atoms with E-state index in [1.807, 2.05) is 0 Å². The number of aliphatic hydroxyl groups is 1. The summed E-state index contributed by atoms with van der Waals surface area (Å²) in [6.45, 7) is 1.74. The first-order valence-corrected chi connectivity index (χ1v) is 12.8. The topological polar surface area (TPSA) is 130 Å². The number of alkyl halides is 3. The van der Waals surface area contributed by atoms with Gasteiger partial charge in [0.2, 0.25) is 5.82 Å². The Morgan fingerprint density at radius 2 is 1.95 bits per heavy atom. The third kappa shape index (κ3) is 6.16. The molecule has 0 bridgehead atoms. The standard InChI is InChI=1S/C26H24ClF3N6O4/c27-20-4-1-5-21(32-20)36-23(26(28,29)30)18(12-31-36)25-33-24(34-40-25)17-8-6-16(7-9-17)19(37)14-35-10-2-3-15(13-35)11-22(38)39/h1,4-9,12,15,19,37H,2-3,10-11,13-14H2,(H,38,39)/t15-,19-/m1/s1. The summed E-state index contributed by atoms with van der Waals surface area (Å²) in [5.41, 5.74) is -0.451. The van der Waals surface area contributed by atoms with Gasteiger partial charge in [0, 0.05) is 25.1 Å². The minimum Gasteiger partial charge on any atom is -0.481 e. The zero-order valence-corrected chi connectivity index (χ0v) is 21.7. The first kappa shape index (κ1) is 27.7. The molecule has 40 heavy (non-hydrogen) atoms. The third-order valence-corrected chi connectivity index (χ3v) is 6.87. The number of aliphatic carboxylic acids is 1. The van der Waals surface area contributed by atoms with Gasteiger partial charge in [-0.3, -0.25) is 4.79 Å². The van der Waals surface area contributed by atoms with E-state index in [1.54, 1.807) is 24.3 Å². The number of halogens is 4. The van der Waals surface area contributed by atoms with E-state index in [-0.39, 0.29) is 35.0 Å². The quantitative estimate of drug-likeness (QED) is 0.282. The molecule has 0 spiro atoms. The number of piperidine rings is 1. The molecular weight excluding hydrogens is 553 g/mol. The van der Waals surface area contributed by atoms with Gasteiger partial charge in [-0.1, -0.05) is 47.1 Å². The Morgan fingerprint density at radius 1 is 1.18 bits per heavy atom. The molecule has 1 fully saturated rings. The predicted octanol–water partition coefficient (Wildman–Crippen LogP) is 4.88. The van der Waals surface area contributed by atoms with Crippen LogP contribution in [0.5, 0.6) is 0 Å². The van der Waals surface area contributed by atoms with Crippen molar-refractivity contribution < 1.29 is 32.7 Å². The van der Waals surface area contributed by atoms with Crippen LogP contribution in [0, 0.1) is 5.92 Å². The second-order valence-electron chi connectivity index (χ2n) is 9.56. The van der Waals surface area contributed by atoms with E-state index in [2.05, 4.69) is 25.1 Å². The molecule has 14 heteroatoms. The Balaban J connectivity index is 1.32. The van der Waals surface area contributed by atoms with Crippen LogP contribution in [0.2, 0.25) is 5.15 Å². The normalized spacial score (nSPS) is 17.2. The number of aromatic nitrogens is 5. The summed E-state index contributed by atoms with van der Waals surface area (Å²) in [6.07, 6.45) is -2.82. The Hall–Kier alpha value is -3.81. The van der Waals surface area contributed by atoms with Crippen molar-refractivity contribution >= 4 is 17.6 Å². The maximum absolute atomic E-state index is 14.0. The molecule has 1 aliphatic rings. The molecule has 1 saturated heterocycles. The Labute approximate surface area is 231 Å². The number of hydrogen-bond donors (Lipinski definition) is 2. The lowest BCUT2D eigenvalue weighted by Crippen LogP contribution is -2.38. The zero-order chi connectivity index (χ0) is 28.4. The zero-order valence-electron chi connectivity index (χ0n) is 20.9. The largest absolute Gasteiger partial charge is 0.481 e. The SMILES string of the molecule is O=C(O)C[C@H]1CCCN(C[C@@H](O)c2ccc(-c3noc(-c4cnn(-c5cccc(Cl)n5)c4C(F)(F)F)n3)cc2)C1. The van der Waals surface area contributed by atoms with E-state index in [0.717, 1.165) is 25.6 Å². The molecule has 210 valence electrons. The van der Waals surface area contributed by atoms with Crippen molar-refractivity contribution in [1.82, 2.24) is 29.8 Å². The van der Waals surface area contributed by atoms with Crippen LogP contribution in [0.3, 0.4) is 0 Å². The second kappa shape index (κ2) is 11.4. The molecule has 0 aliphatic carbocycles. The van der Waals surface area contributed by atoms with Crippen LogP contribution in [0.4, 0.5) is 13.2 Å². The second-order valence-corrected chi connectivity index (χ2v) is 9.95. The molecule has 5 rings (SSSR count). The molecular formula is C26H24ClF3N6O4. The summed E-state index contributed by atoms with van der Waals surface area (Å²) in [6, 6.07) is 10.9. The Morgan fingerprint density at radius 3 is 2.65 bits per heavy atom. The van der Waals surface area contributed by atoms with Crippen molar-refractivity contribution in [3.05, 3.63) is 65.1 Å². The first-order chi connectivity index (χ1) is 19.1. The van der Waals surface area contributed by atoms with Crippen molar-refractivity contribution in [2.24, 2.45) is 5.92 Å². The lowest BCUT2D eigenvalue weighted by molar-refractivity contribution is -0.142. The van der Waals surface area contributed by atoms with E-state index in [9.17, 15) is 23.1 Å². The molecule has 1 aromatic carbocycles. The molecule has 0 unspecified atom stereocenters. The van der Waals surface area contributed by atoms with Crippen LogP contribution >= 0.6 is 11.6 Å².